The van der Waals surface area contributed by atoms with Gasteiger partial charge in [-0.3, -0.25) is 9.69 Å². The van der Waals surface area contributed by atoms with Crippen molar-refractivity contribution in [1.29, 1.82) is 0 Å². The van der Waals surface area contributed by atoms with E-state index in [1.165, 1.54) is 0 Å². The average Bonchev–Trinajstić information content (AvgIpc) is 3.07. The van der Waals surface area contributed by atoms with Crippen molar-refractivity contribution in [2.45, 2.75) is 36.5 Å². The lowest BCUT2D eigenvalue weighted by Crippen LogP contribution is -2.28. The second-order valence-electron chi connectivity index (χ2n) is 6.33. The maximum absolute atomic E-state index is 12.4. The highest BCUT2D eigenvalue weighted by atomic mass is 79.9. The summed E-state index contributed by atoms with van der Waals surface area (Å²) in [6.07, 6.45) is 3.27. The number of nitrogens with zero attached hydrogens (tertiary/aromatic N) is 1. The first-order chi connectivity index (χ1) is 13.2. The lowest BCUT2D eigenvalue weighted by molar-refractivity contribution is -0.116. The van der Waals surface area contributed by atoms with Crippen molar-refractivity contribution in [3.05, 3.63) is 48.0 Å². The molecule has 2 aromatic rings. The minimum atomic E-state index is -0.160. The second-order valence-corrected chi connectivity index (χ2v) is 8.24. The summed E-state index contributed by atoms with van der Waals surface area (Å²) >= 11 is 5.13. The molecule has 0 saturated carbocycles. The first-order valence-corrected chi connectivity index (χ1v) is 11.1. The van der Waals surface area contributed by atoms with Crippen LogP contribution in [0.3, 0.4) is 0 Å². The molecule has 1 atom stereocenters. The first kappa shape index (κ1) is 20.1. The normalized spacial score (nSPS) is 15.5. The third kappa shape index (κ3) is 4.61. The van der Waals surface area contributed by atoms with Gasteiger partial charge in [0.2, 0.25) is 5.91 Å². The molecule has 0 bridgehead atoms. The number of rotatable bonds is 8. The number of carbonyl (C=O) groups is 1. The van der Waals surface area contributed by atoms with Crippen LogP contribution in [0.1, 0.15) is 37.1 Å². The molecular formula is C21H24BrNO3S. The van der Waals surface area contributed by atoms with Gasteiger partial charge in [0.15, 0.2) is 0 Å². The number of fused-ring (bicyclic) bond motifs is 1. The lowest BCUT2D eigenvalue weighted by atomic mass is 10.1. The molecule has 0 radical (unpaired) electrons. The van der Waals surface area contributed by atoms with Gasteiger partial charge in [0.05, 0.1) is 19.4 Å². The minimum absolute atomic E-state index is 0.0172. The number of para-hydroxylation sites is 1. The molecule has 4 nitrogen and oxygen atoms in total. The van der Waals surface area contributed by atoms with Gasteiger partial charge in [-0.1, -0.05) is 39.8 Å². The molecule has 2 aromatic carbocycles. The molecule has 1 aliphatic rings. The fraction of sp³-hybridized carbons (Fsp3) is 0.381. The van der Waals surface area contributed by atoms with Crippen LogP contribution >= 0.6 is 27.7 Å². The van der Waals surface area contributed by atoms with Gasteiger partial charge in [0, 0.05) is 22.7 Å². The highest BCUT2D eigenvalue weighted by Gasteiger charge is 2.35. The molecular weight excluding hydrogens is 426 g/mol. The van der Waals surface area contributed by atoms with Crippen molar-refractivity contribution in [1.82, 2.24) is 0 Å². The van der Waals surface area contributed by atoms with Crippen LogP contribution in [0.2, 0.25) is 0 Å². The Morgan fingerprint density at radius 3 is 2.74 bits per heavy atom. The predicted octanol–water partition coefficient (Wildman–Crippen LogP) is 5.80. The number of thioether (sulfide) groups is 1. The van der Waals surface area contributed by atoms with Crippen molar-refractivity contribution in [3.8, 4) is 11.5 Å². The average molecular weight is 450 g/mol. The number of anilines is 1. The molecule has 0 aliphatic carbocycles. The topological polar surface area (TPSA) is 38.8 Å². The summed E-state index contributed by atoms with van der Waals surface area (Å²) in [5.41, 5.74) is 1.91. The SMILES string of the molecule is COc1ccc(OCCCCCBr)c(C2Sc3ccccc3N2C(C)=O)c1. The van der Waals surface area contributed by atoms with Gasteiger partial charge in [0.1, 0.15) is 16.9 Å². The van der Waals surface area contributed by atoms with Crippen LogP contribution in [0.25, 0.3) is 0 Å². The van der Waals surface area contributed by atoms with Crippen LogP contribution in [-0.2, 0) is 4.79 Å². The number of carbonyl (C=O) groups excluding carboxylic acids is 1. The molecule has 1 amide bonds. The number of hydrogen-bond acceptors (Lipinski definition) is 4. The van der Waals surface area contributed by atoms with Crippen molar-refractivity contribution < 1.29 is 14.3 Å². The van der Waals surface area contributed by atoms with Crippen LogP contribution in [0.5, 0.6) is 11.5 Å². The van der Waals surface area contributed by atoms with Gasteiger partial charge in [-0.25, -0.2) is 0 Å². The lowest BCUT2D eigenvalue weighted by Gasteiger charge is -2.25. The molecule has 0 N–H and O–H groups in total. The number of unbranched alkanes of at least 4 members (excludes halogenated alkanes) is 2. The summed E-state index contributed by atoms with van der Waals surface area (Å²) in [6.45, 7) is 2.27. The number of hydrogen-bond donors (Lipinski definition) is 0. The monoisotopic (exact) mass is 449 g/mol. The van der Waals surface area contributed by atoms with E-state index >= 15 is 0 Å². The van der Waals surface area contributed by atoms with Gasteiger partial charge in [-0.05, 0) is 49.6 Å². The van der Waals surface area contributed by atoms with E-state index in [2.05, 4.69) is 22.0 Å². The maximum Gasteiger partial charge on any atom is 0.225 e. The van der Waals surface area contributed by atoms with E-state index < -0.39 is 0 Å². The van der Waals surface area contributed by atoms with Crippen LogP contribution in [0.15, 0.2) is 47.4 Å². The van der Waals surface area contributed by atoms with Crippen molar-refractivity contribution in [2.75, 3.05) is 23.9 Å². The van der Waals surface area contributed by atoms with Crippen LogP contribution < -0.4 is 14.4 Å². The van der Waals surface area contributed by atoms with Crippen LogP contribution in [-0.4, -0.2) is 25.0 Å². The quantitative estimate of drug-likeness (QED) is 0.377. The standard InChI is InChI=1S/C21H24BrNO3S/c1-15(24)23-18-8-4-5-9-20(18)27-21(23)17-14-16(25-2)10-11-19(17)26-13-7-3-6-12-22/h4-5,8-11,14,21H,3,6-7,12-13H2,1-2H3. The number of benzene rings is 2. The molecule has 0 aromatic heterocycles. The van der Waals surface area contributed by atoms with E-state index in [0.717, 1.165) is 52.2 Å². The zero-order valence-corrected chi connectivity index (χ0v) is 18.0. The summed E-state index contributed by atoms with van der Waals surface area (Å²) in [6, 6.07) is 13.8. The summed E-state index contributed by atoms with van der Waals surface area (Å²) in [4.78, 5) is 15.4. The van der Waals surface area contributed by atoms with E-state index in [-0.39, 0.29) is 11.3 Å². The molecule has 144 valence electrons. The number of ether oxygens (including phenoxy) is 2. The fourth-order valence-corrected chi connectivity index (χ4v) is 4.89. The van der Waals surface area contributed by atoms with Crippen molar-refractivity contribution >= 4 is 39.3 Å². The summed E-state index contributed by atoms with van der Waals surface area (Å²) < 4.78 is 11.5. The van der Waals surface area contributed by atoms with E-state index in [9.17, 15) is 4.79 Å². The third-order valence-electron chi connectivity index (χ3n) is 4.46. The first-order valence-electron chi connectivity index (χ1n) is 9.08. The van der Waals surface area contributed by atoms with E-state index in [0.29, 0.717) is 6.61 Å². The molecule has 0 spiro atoms. The maximum atomic E-state index is 12.4. The molecule has 6 heteroatoms. The Labute approximate surface area is 173 Å². The van der Waals surface area contributed by atoms with Gasteiger partial charge in [-0.15, -0.1) is 0 Å². The Bertz CT molecular complexity index is 799. The van der Waals surface area contributed by atoms with E-state index in [4.69, 9.17) is 9.47 Å². The number of amides is 1. The Hall–Kier alpha value is -1.66. The molecule has 3 rings (SSSR count). The van der Waals surface area contributed by atoms with Crippen molar-refractivity contribution in [3.63, 3.8) is 0 Å². The van der Waals surface area contributed by atoms with Crippen LogP contribution in [0, 0.1) is 0 Å². The van der Waals surface area contributed by atoms with Crippen molar-refractivity contribution in [2.24, 2.45) is 0 Å². The summed E-state index contributed by atoms with van der Waals surface area (Å²) in [5, 5.41) is 0.859. The molecule has 0 saturated heterocycles. The smallest absolute Gasteiger partial charge is 0.225 e. The van der Waals surface area contributed by atoms with E-state index in [1.54, 1.807) is 25.8 Å². The highest BCUT2D eigenvalue weighted by molar-refractivity contribution is 9.09. The largest absolute Gasteiger partial charge is 0.497 e. The summed E-state index contributed by atoms with van der Waals surface area (Å²) in [7, 11) is 1.65. The Kier molecular flexibility index (Phi) is 7.07. The number of methoxy groups -OCH3 is 1. The molecule has 27 heavy (non-hydrogen) atoms. The zero-order chi connectivity index (χ0) is 19.2. The van der Waals surface area contributed by atoms with Gasteiger partial charge in [-0.2, -0.15) is 0 Å². The Balaban J connectivity index is 1.88. The second kappa shape index (κ2) is 9.51. The Morgan fingerprint density at radius 2 is 2.00 bits per heavy atom. The minimum Gasteiger partial charge on any atom is -0.497 e. The zero-order valence-electron chi connectivity index (χ0n) is 15.6. The predicted molar refractivity (Wildman–Crippen MR) is 114 cm³/mol. The number of alkyl halides is 1. The van der Waals surface area contributed by atoms with Gasteiger partial charge >= 0.3 is 0 Å². The third-order valence-corrected chi connectivity index (χ3v) is 6.30. The van der Waals surface area contributed by atoms with Crippen LogP contribution in [0.4, 0.5) is 5.69 Å². The van der Waals surface area contributed by atoms with Gasteiger partial charge in [0.25, 0.3) is 0 Å². The van der Waals surface area contributed by atoms with E-state index in [1.807, 2.05) is 41.3 Å². The summed E-state index contributed by atoms with van der Waals surface area (Å²) in [5.74, 6) is 1.59. The highest BCUT2D eigenvalue weighted by Crippen LogP contribution is 2.53. The molecule has 1 unspecified atom stereocenters. The van der Waals surface area contributed by atoms with Gasteiger partial charge < -0.3 is 9.47 Å². The fourth-order valence-electron chi connectivity index (χ4n) is 3.13. The molecule has 0 fully saturated rings. The number of halogens is 1. The molecule has 1 aliphatic heterocycles. The Morgan fingerprint density at radius 1 is 1.19 bits per heavy atom. The molecule has 1 heterocycles.